The first-order valence-corrected chi connectivity index (χ1v) is 10.5. The van der Waals surface area contributed by atoms with Crippen LogP contribution >= 0.6 is 24.0 Å². The van der Waals surface area contributed by atoms with Crippen LogP contribution in [0.25, 0.3) is 0 Å². The normalized spacial score (nSPS) is 14.0. The topological polar surface area (TPSA) is 70.6 Å². The molecule has 0 radical (unpaired) electrons. The van der Waals surface area contributed by atoms with Gasteiger partial charge >= 0.3 is 0 Å². The Morgan fingerprint density at radius 2 is 1.71 bits per heavy atom. The highest BCUT2D eigenvalue weighted by Gasteiger charge is 2.28. The molecule has 0 aliphatic carbocycles. The molecule has 0 aliphatic heterocycles. The third kappa shape index (κ3) is 10.7. The SMILES string of the molecule is CCCCC(CCC)CNC(=NC)NCCS(=O)(=O)C(C)(C)C.I. The highest BCUT2D eigenvalue weighted by molar-refractivity contribution is 14.0. The van der Waals surface area contributed by atoms with Gasteiger partial charge in [-0.2, -0.15) is 0 Å². The first-order valence-electron chi connectivity index (χ1n) is 8.84. The van der Waals surface area contributed by atoms with E-state index in [9.17, 15) is 8.42 Å². The van der Waals surface area contributed by atoms with Gasteiger partial charge in [0.15, 0.2) is 15.8 Å². The van der Waals surface area contributed by atoms with E-state index in [2.05, 4.69) is 29.5 Å². The summed E-state index contributed by atoms with van der Waals surface area (Å²) in [7, 11) is -1.38. The molecule has 0 bridgehead atoms. The molecule has 0 fully saturated rings. The summed E-state index contributed by atoms with van der Waals surface area (Å²) in [6.45, 7) is 10.9. The summed E-state index contributed by atoms with van der Waals surface area (Å²) >= 11 is 0. The van der Waals surface area contributed by atoms with E-state index in [1.807, 2.05) is 0 Å². The van der Waals surface area contributed by atoms with Crippen molar-refractivity contribution in [3.63, 3.8) is 0 Å². The molecule has 5 nitrogen and oxygen atoms in total. The van der Waals surface area contributed by atoms with E-state index in [1.54, 1.807) is 27.8 Å². The fourth-order valence-corrected chi connectivity index (χ4v) is 3.30. The number of aliphatic imine (C=N–C) groups is 1. The predicted octanol–water partition coefficient (Wildman–Crippen LogP) is 3.59. The van der Waals surface area contributed by atoms with E-state index in [1.165, 1.54) is 32.1 Å². The molecular weight excluding hydrogens is 437 g/mol. The van der Waals surface area contributed by atoms with Gasteiger partial charge in [0.05, 0.1) is 10.5 Å². The van der Waals surface area contributed by atoms with Crippen molar-refractivity contribution in [2.45, 2.75) is 71.5 Å². The highest BCUT2D eigenvalue weighted by Crippen LogP contribution is 2.15. The molecule has 2 N–H and O–H groups in total. The lowest BCUT2D eigenvalue weighted by molar-refractivity contribution is 0.423. The number of halogens is 1. The summed E-state index contributed by atoms with van der Waals surface area (Å²) in [5, 5.41) is 6.44. The van der Waals surface area contributed by atoms with Crippen molar-refractivity contribution < 1.29 is 8.42 Å². The lowest BCUT2D eigenvalue weighted by Crippen LogP contribution is -2.43. The van der Waals surface area contributed by atoms with Crippen molar-refractivity contribution in [2.75, 3.05) is 25.9 Å². The van der Waals surface area contributed by atoms with Gasteiger partial charge in [0, 0.05) is 20.1 Å². The van der Waals surface area contributed by atoms with Crippen LogP contribution in [-0.4, -0.2) is 45.0 Å². The van der Waals surface area contributed by atoms with Gasteiger partial charge in [-0.15, -0.1) is 24.0 Å². The number of hydrogen-bond acceptors (Lipinski definition) is 3. The molecule has 0 amide bonds. The zero-order chi connectivity index (χ0) is 17.9. The summed E-state index contributed by atoms with van der Waals surface area (Å²) < 4.78 is 23.5. The number of unbranched alkanes of at least 4 members (excludes halogenated alkanes) is 1. The molecule has 0 heterocycles. The largest absolute Gasteiger partial charge is 0.356 e. The Labute approximate surface area is 166 Å². The fourth-order valence-electron chi connectivity index (χ4n) is 2.32. The number of guanidine groups is 1. The van der Waals surface area contributed by atoms with Crippen LogP contribution in [0.1, 0.15) is 66.7 Å². The van der Waals surface area contributed by atoms with Crippen molar-refractivity contribution >= 4 is 39.8 Å². The van der Waals surface area contributed by atoms with Crippen LogP contribution in [0.2, 0.25) is 0 Å². The Kier molecular flexibility index (Phi) is 14.4. The zero-order valence-corrected chi connectivity index (χ0v) is 19.5. The molecule has 7 heteroatoms. The minimum Gasteiger partial charge on any atom is -0.356 e. The maximum Gasteiger partial charge on any atom is 0.191 e. The smallest absolute Gasteiger partial charge is 0.191 e. The Balaban J connectivity index is 0. The second kappa shape index (κ2) is 13.2. The molecule has 24 heavy (non-hydrogen) atoms. The average Bonchev–Trinajstić information content (AvgIpc) is 2.46. The second-order valence-corrected chi connectivity index (χ2v) is 9.97. The monoisotopic (exact) mass is 475 g/mol. The summed E-state index contributed by atoms with van der Waals surface area (Å²) in [5.74, 6) is 1.45. The minimum absolute atomic E-state index is 0. The molecule has 1 atom stereocenters. The Morgan fingerprint density at radius 3 is 2.17 bits per heavy atom. The first-order chi connectivity index (χ1) is 10.7. The molecule has 0 aromatic heterocycles. The number of rotatable bonds is 10. The Hall–Kier alpha value is -0.0500. The second-order valence-electron chi connectivity index (χ2n) is 7.11. The van der Waals surface area contributed by atoms with E-state index in [4.69, 9.17) is 0 Å². The molecule has 0 saturated carbocycles. The zero-order valence-electron chi connectivity index (χ0n) is 16.3. The van der Waals surface area contributed by atoms with Crippen molar-refractivity contribution in [1.82, 2.24) is 10.6 Å². The lowest BCUT2D eigenvalue weighted by atomic mass is 9.97. The molecule has 1 unspecified atom stereocenters. The van der Waals surface area contributed by atoms with Gasteiger partial charge in [0.2, 0.25) is 0 Å². The lowest BCUT2D eigenvalue weighted by Gasteiger charge is -2.21. The van der Waals surface area contributed by atoms with Gasteiger partial charge in [-0.05, 0) is 39.5 Å². The summed E-state index contributed by atoms with van der Waals surface area (Å²) in [6.07, 6.45) is 6.10. The number of nitrogens with zero attached hydrogens (tertiary/aromatic N) is 1. The number of sulfone groups is 1. The molecule has 0 aliphatic rings. The van der Waals surface area contributed by atoms with E-state index < -0.39 is 14.6 Å². The predicted molar refractivity (Wildman–Crippen MR) is 116 cm³/mol. The fraction of sp³-hybridized carbons (Fsp3) is 0.941. The Morgan fingerprint density at radius 1 is 1.08 bits per heavy atom. The highest BCUT2D eigenvalue weighted by atomic mass is 127. The third-order valence-corrected chi connectivity index (χ3v) is 6.65. The van der Waals surface area contributed by atoms with Gasteiger partial charge in [-0.3, -0.25) is 4.99 Å². The average molecular weight is 475 g/mol. The molecule has 0 aromatic rings. The van der Waals surface area contributed by atoms with E-state index in [0.29, 0.717) is 18.4 Å². The summed E-state index contributed by atoms with van der Waals surface area (Å²) in [6, 6.07) is 0. The third-order valence-electron chi connectivity index (χ3n) is 4.04. The van der Waals surface area contributed by atoms with E-state index in [0.717, 1.165) is 6.54 Å². The molecule has 0 spiro atoms. The van der Waals surface area contributed by atoms with Gasteiger partial charge in [0.1, 0.15) is 0 Å². The van der Waals surface area contributed by atoms with E-state index in [-0.39, 0.29) is 29.7 Å². The number of hydrogen-bond donors (Lipinski definition) is 2. The number of nitrogens with one attached hydrogen (secondary N) is 2. The Bertz CT molecular complexity index is 445. The molecule has 0 rings (SSSR count). The van der Waals surface area contributed by atoms with Crippen LogP contribution < -0.4 is 10.6 Å². The standard InChI is InChI=1S/C17H37N3O2S.HI/c1-7-9-11-15(10-8-2)14-20-16(18-6)19-12-13-23(21,22)17(3,4)5;/h15H,7-14H2,1-6H3,(H2,18,19,20);1H. The van der Waals surface area contributed by atoms with Crippen molar-refractivity contribution in [2.24, 2.45) is 10.9 Å². The van der Waals surface area contributed by atoms with Crippen LogP contribution in [0.4, 0.5) is 0 Å². The molecular formula is C17H38IN3O2S. The van der Waals surface area contributed by atoms with Crippen LogP contribution in [0.3, 0.4) is 0 Å². The maximum atomic E-state index is 12.1. The van der Waals surface area contributed by atoms with Crippen LogP contribution in [0.15, 0.2) is 4.99 Å². The van der Waals surface area contributed by atoms with Crippen LogP contribution in [0, 0.1) is 5.92 Å². The van der Waals surface area contributed by atoms with Crippen LogP contribution in [0.5, 0.6) is 0 Å². The molecule has 0 saturated heterocycles. The summed E-state index contributed by atoms with van der Waals surface area (Å²) in [5.41, 5.74) is 0. The van der Waals surface area contributed by atoms with Crippen LogP contribution in [-0.2, 0) is 9.84 Å². The summed E-state index contributed by atoms with van der Waals surface area (Å²) in [4.78, 5) is 4.18. The van der Waals surface area contributed by atoms with Gasteiger partial charge in [0.25, 0.3) is 0 Å². The molecule has 146 valence electrons. The minimum atomic E-state index is -3.10. The van der Waals surface area contributed by atoms with Gasteiger partial charge < -0.3 is 10.6 Å². The van der Waals surface area contributed by atoms with Crippen molar-refractivity contribution in [3.8, 4) is 0 Å². The maximum absolute atomic E-state index is 12.1. The van der Waals surface area contributed by atoms with Crippen molar-refractivity contribution in [1.29, 1.82) is 0 Å². The van der Waals surface area contributed by atoms with Gasteiger partial charge in [-0.1, -0.05) is 33.1 Å². The van der Waals surface area contributed by atoms with Crippen molar-refractivity contribution in [3.05, 3.63) is 0 Å². The van der Waals surface area contributed by atoms with E-state index >= 15 is 0 Å². The quantitative estimate of drug-likeness (QED) is 0.288. The first kappa shape index (κ1) is 26.2. The molecule has 0 aromatic carbocycles. The van der Waals surface area contributed by atoms with Gasteiger partial charge in [-0.25, -0.2) is 8.42 Å².